The number of aromatic nitrogens is 3. The maximum absolute atomic E-state index is 13.1. The summed E-state index contributed by atoms with van der Waals surface area (Å²) >= 11 is 0. The number of amides is 1. The second-order valence-corrected chi connectivity index (χ2v) is 8.38. The Hall–Kier alpha value is -2.74. The van der Waals surface area contributed by atoms with Crippen LogP contribution in [-0.2, 0) is 11.3 Å². The number of pyridine rings is 1. The van der Waals surface area contributed by atoms with Gasteiger partial charge in [0.1, 0.15) is 0 Å². The van der Waals surface area contributed by atoms with Crippen molar-refractivity contribution in [2.24, 2.45) is 5.92 Å². The molecular formula is C22H31N7O. The molecule has 2 aliphatic rings. The molecule has 8 heteroatoms. The average Bonchev–Trinajstić information content (AvgIpc) is 2.80. The lowest BCUT2D eigenvalue weighted by atomic mass is 9.93. The molecule has 30 heavy (non-hydrogen) atoms. The fourth-order valence-electron chi connectivity index (χ4n) is 4.62. The molecule has 0 saturated carbocycles. The molecule has 0 atom stereocenters. The van der Waals surface area contributed by atoms with Gasteiger partial charge in [-0.05, 0) is 62.5 Å². The molecule has 2 aliphatic heterocycles. The Bertz CT molecular complexity index is 830. The summed E-state index contributed by atoms with van der Waals surface area (Å²) in [6.45, 7) is 4.41. The Kier molecular flexibility index (Phi) is 6.42. The van der Waals surface area contributed by atoms with E-state index in [1.54, 1.807) is 12.4 Å². The highest BCUT2D eigenvalue weighted by Crippen LogP contribution is 2.27. The molecule has 2 saturated heterocycles. The number of hydrogen-bond donors (Lipinski definition) is 1. The van der Waals surface area contributed by atoms with Crippen LogP contribution in [0.5, 0.6) is 0 Å². The summed E-state index contributed by atoms with van der Waals surface area (Å²) in [5.74, 6) is 1.32. The second kappa shape index (κ2) is 9.38. The van der Waals surface area contributed by atoms with Crippen molar-refractivity contribution in [3.05, 3.63) is 42.4 Å². The summed E-state index contributed by atoms with van der Waals surface area (Å²) in [7, 11) is 2.05. The number of piperidine rings is 2. The smallest absolute Gasteiger partial charge is 0.225 e. The van der Waals surface area contributed by atoms with E-state index in [4.69, 9.17) is 5.73 Å². The molecule has 2 aromatic rings. The van der Waals surface area contributed by atoms with E-state index in [1.165, 1.54) is 5.56 Å². The SMILES string of the molecule is CN(c1ncccc1N)C1CCN(C(=O)C2CCN(Cc3ccnnc3)CC2)CC1. The molecule has 2 N–H and O–H groups in total. The Balaban J connectivity index is 1.24. The summed E-state index contributed by atoms with van der Waals surface area (Å²) in [5, 5.41) is 7.78. The molecule has 4 rings (SSSR count). The maximum Gasteiger partial charge on any atom is 0.225 e. The van der Waals surface area contributed by atoms with Crippen LogP contribution < -0.4 is 10.6 Å². The van der Waals surface area contributed by atoms with Crippen molar-refractivity contribution in [2.75, 3.05) is 43.9 Å². The number of likely N-dealkylation sites (tertiary alicyclic amines) is 2. The minimum atomic E-state index is 0.150. The summed E-state index contributed by atoms with van der Waals surface area (Å²) in [5.41, 5.74) is 7.96. The van der Waals surface area contributed by atoms with Crippen molar-refractivity contribution in [3.63, 3.8) is 0 Å². The van der Waals surface area contributed by atoms with E-state index in [9.17, 15) is 4.79 Å². The number of carbonyl (C=O) groups is 1. The molecule has 0 unspecified atom stereocenters. The molecule has 2 fully saturated rings. The standard InChI is InChI=1S/C22H31N7O/c1-27(21-20(23)3-2-9-24-21)19-7-13-29(14-8-19)22(30)18-5-11-28(12-6-18)16-17-4-10-25-26-15-17/h2-4,9-10,15,18-19H,5-8,11-14,16,23H2,1H3. The lowest BCUT2D eigenvalue weighted by molar-refractivity contribution is -0.138. The van der Waals surface area contributed by atoms with Crippen LogP contribution in [0.2, 0.25) is 0 Å². The molecule has 0 bridgehead atoms. The first-order valence-corrected chi connectivity index (χ1v) is 10.8. The van der Waals surface area contributed by atoms with Crippen LogP contribution in [-0.4, -0.2) is 70.2 Å². The maximum atomic E-state index is 13.1. The highest BCUT2D eigenvalue weighted by molar-refractivity contribution is 5.79. The van der Waals surface area contributed by atoms with Gasteiger partial charge in [0.05, 0.1) is 11.9 Å². The fourth-order valence-corrected chi connectivity index (χ4v) is 4.62. The first kappa shape index (κ1) is 20.5. The van der Waals surface area contributed by atoms with Gasteiger partial charge in [0.2, 0.25) is 5.91 Å². The predicted molar refractivity (Wildman–Crippen MR) is 117 cm³/mol. The average molecular weight is 410 g/mol. The van der Waals surface area contributed by atoms with Crippen LogP contribution in [0.25, 0.3) is 0 Å². The third kappa shape index (κ3) is 4.70. The highest BCUT2D eigenvalue weighted by Gasteiger charge is 2.32. The summed E-state index contributed by atoms with van der Waals surface area (Å²) in [6, 6.07) is 6.11. The van der Waals surface area contributed by atoms with Gasteiger partial charge in [0.15, 0.2) is 5.82 Å². The van der Waals surface area contributed by atoms with E-state index in [0.29, 0.717) is 17.6 Å². The molecule has 160 valence electrons. The van der Waals surface area contributed by atoms with Crippen LogP contribution in [0.3, 0.4) is 0 Å². The quantitative estimate of drug-likeness (QED) is 0.805. The Morgan fingerprint density at radius 3 is 2.53 bits per heavy atom. The largest absolute Gasteiger partial charge is 0.396 e. The number of nitrogens with two attached hydrogens (primary N) is 1. The zero-order valence-electron chi connectivity index (χ0n) is 17.7. The van der Waals surface area contributed by atoms with Crippen LogP contribution in [0, 0.1) is 5.92 Å². The monoisotopic (exact) mass is 409 g/mol. The molecule has 0 aliphatic carbocycles. The van der Waals surface area contributed by atoms with Crippen LogP contribution >= 0.6 is 0 Å². The topological polar surface area (TPSA) is 91.5 Å². The van der Waals surface area contributed by atoms with E-state index in [2.05, 4.69) is 36.9 Å². The Morgan fingerprint density at radius 2 is 1.87 bits per heavy atom. The number of rotatable bonds is 5. The molecule has 0 spiro atoms. The van der Waals surface area contributed by atoms with Gasteiger partial charge in [-0.3, -0.25) is 9.69 Å². The molecule has 2 aromatic heterocycles. The molecular weight excluding hydrogens is 378 g/mol. The van der Waals surface area contributed by atoms with Crippen molar-refractivity contribution in [3.8, 4) is 0 Å². The zero-order chi connectivity index (χ0) is 20.9. The van der Waals surface area contributed by atoms with E-state index < -0.39 is 0 Å². The van der Waals surface area contributed by atoms with Gasteiger partial charge < -0.3 is 15.5 Å². The van der Waals surface area contributed by atoms with Gasteiger partial charge in [0.25, 0.3) is 0 Å². The van der Waals surface area contributed by atoms with E-state index in [0.717, 1.165) is 64.2 Å². The van der Waals surface area contributed by atoms with Gasteiger partial charge >= 0.3 is 0 Å². The summed E-state index contributed by atoms with van der Waals surface area (Å²) in [6.07, 6.45) is 9.09. The van der Waals surface area contributed by atoms with E-state index >= 15 is 0 Å². The first-order chi connectivity index (χ1) is 14.6. The molecule has 0 aromatic carbocycles. The van der Waals surface area contributed by atoms with Crippen LogP contribution in [0.1, 0.15) is 31.2 Å². The Morgan fingerprint density at radius 1 is 1.10 bits per heavy atom. The fraction of sp³-hybridized carbons (Fsp3) is 0.545. The molecule has 0 radical (unpaired) electrons. The number of nitrogen functional groups attached to an aromatic ring is 1. The zero-order valence-corrected chi connectivity index (χ0v) is 17.7. The third-order valence-corrected chi connectivity index (χ3v) is 6.46. The second-order valence-electron chi connectivity index (χ2n) is 8.38. The number of anilines is 2. The van der Waals surface area contributed by atoms with Crippen molar-refractivity contribution in [1.82, 2.24) is 25.0 Å². The number of hydrogen-bond acceptors (Lipinski definition) is 7. The van der Waals surface area contributed by atoms with Gasteiger partial charge in [-0.2, -0.15) is 10.2 Å². The lowest BCUT2D eigenvalue weighted by Gasteiger charge is -2.40. The van der Waals surface area contributed by atoms with Crippen molar-refractivity contribution >= 4 is 17.4 Å². The molecule has 8 nitrogen and oxygen atoms in total. The lowest BCUT2D eigenvalue weighted by Crippen LogP contribution is -2.49. The van der Waals surface area contributed by atoms with Crippen molar-refractivity contribution in [1.29, 1.82) is 0 Å². The Labute approximate surface area is 178 Å². The van der Waals surface area contributed by atoms with Gasteiger partial charge in [-0.15, -0.1) is 0 Å². The van der Waals surface area contributed by atoms with Crippen LogP contribution in [0.4, 0.5) is 11.5 Å². The van der Waals surface area contributed by atoms with Gasteiger partial charge in [0, 0.05) is 51.0 Å². The molecule has 1 amide bonds. The number of nitrogens with zero attached hydrogens (tertiary/aromatic N) is 6. The van der Waals surface area contributed by atoms with Crippen LogP contribution in [0.15, 0.2) is 36.8 Å². The normalized spacial score (nSPS) is 19.0. The summed E-state index contributed by atoms with van der Waals surface area (Å²) < 4.78 is 0. The minimum absolute atomic E-state index is 0.150. The predicted octanol–water partition coefficient (Wildman–Crippen LogP) is 1.79. The van der Waals surface area contributed by atoms with Gasteiger partial charge in [-0.25, -0.2) is 4.98 Å². The van der Waals surface area contributed by atoms with E-state index in [-0.39, 0.29) is 5.92 Å². The third-order valence-electron chi connectivity index (χ3n) is 6.46. The van der Waals surface area contributed by atoms with E-state index in [1.807, 2.05) is 24.4 Å². The number of carbonyl (C=O) groups excluding carboxylic acids is 1. The first-order valence-electron chi connectivity index (χ1n) is 10.8. The molecule has 4 heterocycles. The summed E-state index contributed by atoms with van der Waals surface area (Å²) in [4.78, 5) is 24.1. The van der Waals surface area contributed by atoms with Gasteiger partial charge in [-0.1, -0.05) is 0 Å². The van der Waals surface area contributed by atoms with Crippen molar-refractivity contribution in [2.45, 2.75) is 38.3 Å². The van der Waals surface area contributed by atoms with Crippen molar-refractivity contribution < 1.29 is 4.79 Å². The minimum Gasteiger partial charge on any atom is -0.396 e. The highest BCUT2D eigenvalue weighted by atomic mass is 16.2.